The van der Waals surface area contributed by atoms with Crippen molar-refractivity contribution in [3.63, 3.8) is 0 Å². The van der Waals surface area contributed by atoms with E-state index in [4.69, 9.17) is 9.72 Å². The second-order valence-electron chi connectivity index (χ2n) is 10.3. The van der Waals surface area contributed by atoms with Crippen molar-refractivity contribution in [2.75, 3.05) is 0 Å². The first-order valence-electron chi connectivity index (χ1n) is 12.7. The number of rotatable bonds is 0. The van der Waals surface area contributed by atoms with E-state index >= 15 is 0 Å². The van der Waals surface area contributed by atoms with Crippen LogP contribution in [0, 0.1) is 0 Å². The maximum atomic E-state index is 6.74. The topological polar surface area (TPSA) is 39.7 Å². The molecule has 0 saturated carbocycles. The number of nitrogens with zero attached hydrogens (tertiary/aromatic N) is 6. The molecule has 0 bridgehead atoms. The normalized spacial score (nSPS) is 18.3. The van der Waals surface area contributed by atoms with Gasteiger partial charge in [-0.15, -0.1) is 4.98 Å². The van der Waals surface area contributed by atoms with E-state index in [9.17, 15) is 0 Å². The Labute approximate surface area is 219 Å². The Morgan fingerprint density at radius 1 is 0.868 bits per heavy atom. The Morgan fingerprint density at radius 3 is 2.74 bits per heavy atom. The van der Waals surface area contributed by atoms with Crippen molar-refractivity contribution in [1.82, 2.24) is 18.8 Å². The number of aryl methyl sites for hydroxylation is 1. The minimum absolute atomic E-state index is 0.344. The summed E-state index contributed by atoms with van der Waals surface area (Å²) in [6.07, 6.45) is 4.12. The Bertz CT molecular complexity index is 2330. The van der Waals surface area contributed by atoms with Gasteiger partial charge in [-0.25, -0.2) is 0 Å². The number of imidazole rings is 1. The molecule has 8 heteroatoms. The predicted molar refractivity (Wildman–Crippen MR) is 144 cm³/mol. The van der Waals surface area contributed by atoms with E-state index in [1.165, 1.54) is 37.4 Å². The number of pyridine rings is 2. The molecule has 0 fully saturated rings. The molecule has 1 spiro atoms. The molecular formula is C30H17N6OS+3. The van der Waals surface area contributed by atoms with Crippen LogP contribution >= 0.6 is 11.8 Å². The Balaban J connectivity index is 1.52. The molecule has 4 aliphatic heterocycles. The maximum absolute atomic E-state index is 6.74. The fourth-order valence-corrected chi connectivity index (χ4v) is 8.57. The van der Waals surface area contributed by atoms with Gasteiger partial charge in [-0.2, -0.15) is 4.57 Å². The summed E-state index contributed by atoms with van der Waals surface area (Å²) in [7, 11) is 2.14. The van der Waals surface area contributed by atoms with E-state index in [2.05, 4.69) is 98.5 Å². The van der Waals surface area contributed by atoms with Gasteiger partial charge < -0.3 is 4.74 Å². The van der Waals surface area contributed by atoms with Gasteiger partial charge >= 0.3 is 17.0 Å². The van der Waals surface area contributed by atoms with Crippen LogP contribution in [0.3, 0.4) is 0 Å². The Kier molecular flexibility index (Phi) is 2.73. The number of hydrogen-bond acceptors (Lipinski definition) is 3. The fourth-order valence-electron chi connectivity index (χ4n) is 7.46. The average molecular weight is 510 g/mol. The second-order valence-corrected chi connectivity index (χ2v) is 11.4. The lowest BCUT2D eigenvalue weighted by Gasteiger charge is -2.35. The van der Waals surface area contributed by atoms with E-state index in [1.807, 2.05) is 24.0 Å². The van der Waals surface area contributed by atoms with Crippen molar-refractivity contribution in [3.8, 4) is 28.6 Å². The zero-order chi connectivity index (χ0) is 24.5. The Hall–Kier alpha value is -4.66. The van der Waals surface area contributed by atoms with Crippen LogP contribution in [0.1, 0.15) is 0 Å². The zero-order valence-corrected chi connectivity index (χ0v) is 20.9. The first kappa shape index (κ1) is 18.6. The van der Waals surface area contributed by atoms with Crippen LogP contribution in [0.15, 0.2) is 95.0 Å². The van der Waals surface area contributed by atoms with E-state index in [0.29, 0.717) is 4.70 Å². The van der Waals surface area contributed by atoms with E-state index in [0.717, 1.165) is 45.4 Å². The third-order valence-electron chi connectivity index (χ3n) is 8.72. The van der Waals surface area contributed by atoms with Crippen LogP contribution in [0.5, 0.6) is 11.5 Å². The predicted octanol–water partition coefficient (Wildman–Crippen LogP) is 5.68. The second kappa shape index (κ2) is 5.60. The van der Waals surface area contributed by atoms with Crippen LogP contribution in [-0.2, 0) is 7.05 Å². The van der Waals surface area contributed by atoms with Crippen molar-refractivity contribution in [1.29, 1.82) is 0 Å². The number of quaternary nitrogens is 1. The number of para-hydroxylation sites is 2. The molecule has 0 saturated heterocycles. The van der Waals surface area contributed by atoms with Gasteiger partial charge in [-0.3, -0.25) is 4.57 Å². The molecular weight excluding hydrogens is 492 g/mol. The molecule has 4 aliphatic rings. The minimum atomic E-state index is 0.344. The monoisotopic (exact) mass is 509 g/mol. The summed E-state index contributed by atoms with van der Waals surface area (Å²) in [6.45, 7) is 0. The van der Waals surface area contributed by atoms with E-state index in [-0.39, 0.29) is 0 Å². The minimum Gasteiger partial charge on any atom is -0.444 e. The van der Waals surface area contributed by atoms with Gasteiger partial charge in [0.2, 0.25) is 11.4 Å². The highest BCUT2D eigenvalue weighted by Gasteiger charge is 2.69. The van der Waals surface area contributed by atoms with Crippen molar-refractivity contribution < 1.29 is 14.1 Å². The SMILES string of the molecule is Cn1c2[n+](c3ncccc31)[N+]13c4c(cccc4-2)Oc2ccc4c(c21)-n1c2c(cccc2c2ccc[n+]3c21)S4. The number of hydrogen-bond donors (Lipinski definition) is 0. The molecule has 7 aromatic rings. The fraction of sp³-hybridized carbons (Fsp3) is 0.0333. The van der Waals surface area contributed by atoms with Crippen LogP contribution in [0.25, 0.3) is 50.2 Å². The van der Waals surface area contributed by atoms with Gasteiger partial charge in [0.05, 0.1) is 26.9 Å². The lowest BCUT2D eigenvalue weighted by atomic mass is 10.1. The molecule has 0 radical (unpaired) electrons. The molecule has 38 heavy (non-hydrogen) atoms. The quantitative estimate of drug-likeness (QED) is 0.195. The van der Waals surface area contributed by atoms with E-state index in [1.54, 1.807) is 0 Å². The summed E-state index contributed by atoms with van der Waals surface area (Å²) in [4.78, 5) is 7.51. The van der Waals surface area contributed by atoms with E-state index < -0.39 is 0 Å². The molecule has 1 unspecified atom stereocenters. The largest absolute Gasteiger partial charge is 0.444 e. The third kappa shape index (κ3) is 1.62. The first-order valence-corrected chi connectivity index (χ1v) is 13.5. The number of fused-ring (bicyclic) bond motifs is 5. The van der Waals surface area contributed by atoms with Gasteiger partial charge in [0.1, 0.15) is 11.8 Å². The molecule has 176 valence electrons. The number of ether oxygens (including phenoxy) is 1. The van der Waals surface area contributed by atoms with Gasteiger partial charge in [0.25, 0.3) is 11.5 Å². The molecule has 0 N–H and O–H groups in total. The first-order chi connectivity index (χ1) is 18.8. The molecule has 3 aromatic carbocycles. The number of aromatic nitrogens is 5. The summed E-state index contributed by atoms with van der Waals surface area (Å²) in [6, 6.07) is 26.1. The summed E-state index contributed by atoms with van der Waals surface area (Å²) >= 11 is 1.85. The lowest BCUT2D eigenvalue weighted by Crippen LogP contribution is -2.84. The molecule has 4 aromatic heterocycles. The average Bonchev–Trinajstić information content (AvgIpc) is 3.57. The van der Waals surface area contributed by atoms with Crippen molar-refractivity contribution >= 4 is 56.2 Å². The van der Waals surface area contributed by atoms with Crippen LogP contribution in [0.2, 0.25) is 0 Å². The third-order valence-corrected chi connectivity index (χ3v) is 9.82. The summed E-state index contributed by atoms with van der Waals surface area (Å²) in [5.41, 5.74) is 9.08. The highest BCUT2D eigenvalue weighted by atomic mass is 32.2. The van der Waals surface area contributed by atoms with Crippen LogP contribution in [0.4, 0.5) is 11.4 Å². The van der Waals surface area contributed by atoms with Crippen LogP contribution in [-0.4, -0.2) is 14.1 Å². The molecule has 0 aliphatic carbocycles. The van der Waals surface area contributed by atoms with Crippen LogP contribution < -0.4 is 18.8 Å². The highest BCUT2D eigenvalue weighted by molar-refractivity contribution is 7.99. The molecule has 7 nitrogen and oxygen atoms in total. The molecule has 8 heterocycles. The van der Waals surface area contributed by atoms with Crippen molar-refractivity contribution in [2.24, 2.45) is 7.05 Å². The summed E-state index contributed by atoms with van der Waals surface area (Å²) < 4.78 is 16.7. The standard InChI is InChI=1S/C30H17N6OS/c1-32-19-9-4-14-31-28(19)35-29(32)18-7-2-10-20-26(18)36(35)27-21(37-20)12-13-23-25(27)34-24-16(6-3-11-22(24)38-23)17-8-5-15-33(36)30(17)34/h2-15H,1H3/q+3. The maximum Gasteiger partial charge on any atom is 0.358 e. The summed E-state index contributed by atoms with van der Waals surface area (Å²) in [5, 5.41) is 2.52. The smallest absolute Gasteiger partial charge is 0.358 e. The highest BCUT2D eigenvalue weighted by Crippen LogP contribution is 2.62. The van der Waals surface area contributed by atoms with Gasteiger partial charge in [0, 0.05) is 5.39 Å². The van der Waals surface area contributed by atoms with Gasteiger partial charge in [-0.1, -0.05) is 23.9 Å². The lowest BCUT2D eigenvalue weighted by molar-refractivity contribution is -1.01. The van der Waals surface area contributed by atoms with Crippen molar-refractivity contribution in [2.45, 2.75) is 9.79 Å². The molecule has 11 rings (SSSR count). The molecule has 1 atom stereocenters. The van der Waals surface area contributed by atoms with Gasteiger partial charge in [0.15, 0.2) is 23.0 Å². The van der Waals surface area contributed by atoms with Crippen molar-refractivity contribution in [3.05, 3.63) is 85.2 Å². The number of benzene rings is 3. The molecule has 0 amide bonds. The zero-order valence-electron chi connectivity index (χ0n) is 20.1. The Morgan fingerprint density at radius 2 is 1.76 bits per heavy atom. The summed E-state index contributed by atoms with van der Waals surface area (Å²) in [5.74, 6) is 2.86. The van der Waals surface area contributed by atoms with Gasteiger partial charge in [-0.05, 0) is 70.0 Å².